The Balaban J connectivity index is 1.52. The first-order valence-corrected chi connectivity index (χ1v) is 11.4. The lowest BCUT2D eigenvalue weighted by Crippen LogP contribution is -2.08. The second-order valence-electron chi connectivity index (χ2n) is 6.98. The van der Waals surface area contributed by atoms with E-state index in [0.717, 1.165) is 44.2 Å². The van der Waals surface area contributed by atoms with Crippen LogP contribution in [-0.4, -0.2) is 24.6 Å². The molecular weight excluding hydrogens is 394 g/mol. The summed E-state index contributed by atoms with van der Waals surface area (Å²) < 4.78 is 3.36. The molecular formula is C19H15N5S3. The van der Waals surface area contributed by atoms with Crippen LogP contribution in [0, 0.1) is 5.92 Å². The number of nitrogens with zero attached hydrogens (tertiary/aromatic N) is 5. The number of thiophene rings is 1. The monoisotopic (exact) mass is 409 g/mol. The number of para-hydroxylation sites is 1. The van der Waals surface area contributed by atoms with Gasteiger partial charge in [0.05, 0.1) is 10.2 Å². The summed E-state index contributed by atoms with van der Waals surface area (Å²) in [5, 5.41) is 11.9. The third-order valence-electron chi connectivity index (χ3n) is 5.16. The molecule has 4 heterocycles. The van der Waals surface area contributed by atoms with E-state index in [0.29, 0.717) is 0 Å². The van der Waals surface area contributed by atoms with Crippen LogP contribution in [0.1, 0.15) is 23.8 Å². The average Bonchev–Trinajstić information content (AvgIpc) is 3.33. The van der Waals surface area contributed by atoms with Gasteiger partial charge in [0.25, 0.3) is 0 Å². The fourth-order valence-corrected chi connectivity index (χ4v) is 7.22. The van der Waals surface area contributed by atoms with Gasteiger partial charge in [-0.15, -0.1) is 21.5 Å². The minimum absolute atomic E-state index is 0.753. The van der Waals surface area contributed by atoms with E-state index in [9.17, 15) is 0 Å². The SMILES string of the molecule is C[C@H]1CCc2c(sc3ncnc(Sc4nnc5sc6ccccc6n45)c23)C1. The van der Waals surface area contributed by atoms with Gasteiger partial charge >= 0.3 is 0 Å². The Hall–Kier alpha value is -2.03. The van der Waals surface area contributed by atoms with Crippen molar-refractivity contribution in [2.75, 3.05) is 0 Å². The minimum Gasteiger partial charge on any atom is -0.260 e. The average molecular weight is 410 g/mol. The Labute approximate surface area is 167 Å². The van der Waals surface area contributed by atoms with Crippen molar-refractivity contribution in [3.05, 3.63) is 41.0 Å². The molecule has 5 nitrogen and oxygen atoms in total. The predicted molar refractivity (Wildman–Crippen MR) is 111 cm³/mol. The van der Waals surface area contributed by atoms with Gasteiger partial charge in [0.2, 0.25) is 10.1 Å². The zero-order valence-electron chi connectivity index (χ0n) is 14.5. The zero-order chi connectivity index (χ0) is 18.0. The van der Waals surface area contributed by atoms with E-state index in [4.69, 9.17) is 0 Å². The van der Waals surface area contributed by atoms with Gasteiger partial charge in [-0.3, -0.25) is 4.40 Å². The van der Waals surface area contributed by atoms with Gasteiger partial charge in [-0.05, 0) is 54.6 Å². The molecule has 1 aliphatic rings. The largest absolute Gasteiger partial charge is 0.260 e. The van der Waals surface area contributed by atoms with Gasteiger partial charge in [0.1, 0.15) is 16.2 Å². The van der Waals surface area contributed by atoms with E-state index in [1.54, 1.807) is 29.4 Å². The minimum atomic E-state index is 0.753. The number of benzene rings is 1. The van der Waals surface area contributed by atoms with E-state index >= 15 is 0 Å². The van der Waals surface area contributed by atoms with E-state index in [-0.39, 0.29) is 0 Å². The molecule has 0 spiro atoms. The maximum Gasteiger partial charge on any atom is 0.217 e. The smallest absolute Gasteiger partial charge is 0.217 e. The topological polar surface area (TPSA) is 56.0 Å². The van der Waals surface area contributed by atoms with Crippen LogP contribution in [-0.2, 0) is 12.8 Å². The van der Waals surface area contributed by atoms with Crippen molar-refractivity contribution in [2.24, 2.45) is 5.92 Å². The summed E-state index contributed by atoms with van der Waals surface area (Å²) >= 11 is 5.10. The first-order valence-electron chi connectivity index (χ1n) is 8.93. The molecule has 0 aliphatic heterocycles. The standard InChI is InChI=1S/C19H15N5S3/c1-10-6-7-11-14(8-10)25-16-15(11)17(21-9-20-16)27-19-23-22-18-24(19)12-4-2-3-5-13(12)26-18/h2-5,9-10H,6-8H2,1H3/t10-/m0/s1. The summed E-state index contributed by atoms with van der Waals surface area (Å²) in [6.45, 7) is 2.34. The number of aromatic nitrogens is 5. The third kappa shape index (κ3) is 2.43. The molecule has 0 amide bonds. The Morgan fingerprint density at radius 2 is 2.07 bits per heavy atom. The van der Waals surface area contributed by atoms with Crippen molar-refractivity contribution in [3.8, 4) is 0 Å². The highest BCUT2D eigenvalue weighted by Gasteiger charge is 2.24. The summed E-state index contributed by atoms with van der Waals surface area (Å²) in [4.78, 5) is 12.7. The van der Waals surface area contributed by atoms with Crippen LogP contribution in [0.25, 0.3) is 25.4 Å². The van der Waals surface area contributed by atoms with Crippen LogP contribution in [0.4, 0.5) is 0 Å². The highest BCUT2D eigenvalue weighted by atomic mass is 32.2. The molecule has 0 saturated heterocycles. The summed E-state index contributed by atoms with van der Waals surface area (Å²) in [6, 6.07) is 8.37. The molecule has 1 aromatic carbocycles. The molecule has 5 aromatic rings. The Morgan fingerprint density at radius 1 is 1.15 bits per heavy atom. The first-order chi connectivity index (χ1) is 13.3. The Kier molecular flexibility index (Phi) is 3.54. The molecule has 0 radical (unpaired) electrons. The van der Waals surface area contributed by atoms with E-state index in [2.05, 4.69) is 55.8 Å². The summed E-state index contributed by atoms with van der Waals surface area (Å²) in [6.07, 6.45) is 5.20. The second kappa shape index (κ2) is 5.98. The molecule has 1 aliphatic carbocycles. The highest BCUT2D eigenvalue weighted by Crippen LogP contribution is 2.42. The van der Waals surface area contributed by atoms with Crippen LogP contribution in [0.2, 0.25) is 0 Å². The number of hydrogen-bond donors (Lipinski definition) is 0. The molecule has 0 saturated carbocycles. The van der Waals surface area contributed by atoms with Crippen LogP contribution in [0.15, 0.2) is 40.8 Å². The van der Waals surface area contributed by atoms with Crippen molar-refractivity contribution >= 4 is 59.8 Å². The number of fused-ring (bicyclic) bond motifs is 6. The summed E-state index contributed by atoms with van der Waals surface area (Å²) in [5.74, 6) is 0.753. The molecule has 134 valence electrons. The van der Waals surface area contributed by atoms with Crippen LogP contribution >= 0.6 is 34.4 Å². The van der Waals surface area contributed by atoms with Crippen molar-refractivity contribution in [2.45, 2.75) is 36.4 Å². The zero-order valence-corrected chi connectivity index (χ0v) is 17.0. The van der Waals surface area contributed by atoms with Crippen molar-refractivity contribution in [3.63, 3.8) is 0 Å². The molecule has 1 atom stereocenters. The fourth-order valence-electron chi connectivity index (χ4n) is 3.83. The van der Waals surface area contributed by atoms with Gasteiger partial charge in [0, 0.05) is 10.3 Å². The van der Waals surface area contributed by atoms with Crippen molar-refractivity contribution < 1.29 is 0 Å². The maximum absolute atomic E-state index is 4.63. The summed E-state index contributed by atoms with van der Waals surface area (Å²) in [7, 11) is 0. The number of hydrogen-bond acceptors (Lipinski definition) is 7. The molecule has 0 bridgehead atoms. The Morgan fingerprint density at radius 3 is 3.04 bits per heavy atom. The van der Waals surface area contributed by atoms with Crippen molar-refractivity contribution in [1.29, 1.82) is 0 Å². The van der Waals surface area contributed by atoms with Crippen LogP contribution < -0.4 is 0 Å². The molecule has 8 heteroatoms. The first kappa shape index (κ1) is 16.0. The number of thiazole rings is 1. The van der Waals surface area contributed by atoms with Gasteiger partial charge in [-0.25, -0.2) is 9.97 Å². The van der Waals surface area contributed by atoms with Gasteiger partial charge in [-0.2, -0.15) is 0 Å². The quantitative estimate of drug-likeness (QED) is 0.374. The van der Waals surface area contributed by atoms with E-state index in [1.165, 1.54) is 26.9 Å². The van der Waals surface area contributed by atoms with Gasteiger partial charge < -0.3 is 0 Å². The number of rotatable bonds is 2. The molecule has 6 rings (SSSR count). The lowest BCUT2D eigenvalue weighted by Gasteiger charge is -2.18. The molecule has 0 fully saturated rings. The predicted octanol–water partition coefficient (Wildman–Crippen LogP) is 5.22. The van der Waals surface area contributed by atoms with Gasteiger partial charge in [-0.1, -0.05) is 30.4 Å². The third-order valence-corrected chi connectivity index (χ3v) is 8.28. The molecule has 27 heavy (non-hydrogen) atoms. The maximum atomic E-state index is 4.63. The number of aryl methyl sites for hydroxylation is 1. The molecule has 0 N–H and O–H groups in total. The second-order valence-corrected chi connectivity index (χ2v) is 10.0. The molecule has 4 aromatic heterocycles. The summed E-state index contributed by atoms with van der Waals surface area (Å²) in [5.41, 5.74) is 2.60. The van der Waals surface area contributed by atoms with Gasteiger partial charge in [0.15, 0.2) is 0 Å². The normalized spacial score (nSPS) is 17.1. The van der Waals surface area contributed by atoms with E-state index in [1.807, 2.05) is 11.3 Å². The molecule has 0 unspecified atom stereocenters. The van der Waals surface area contributed by atoms with Crippen LogP contribution in [0.3, 0.4) is 0 Å². The lowest BCUT2D eigenvalue weighted by molar-refractivity contribution is 0.509. The lowest BCUT2D eigenvalue weighted by atomic mass is 9.89. The van der Waals surface area contributed by atoms with Crippen molar-refractivity contribution in [1.82, 2.24) is 24.6 Å². The van der Waals surface area contributed by atoms with Crippen LogP contribution in [0.5, 0.6) is 0 Å². The fraction of sp³-hybridized carbons (Fsp3) is 0.263. The highest BCUT2D eigenvalue weighted by molar-refractivity contribution is 7.99. The van der Waals surface area contributed by atoms with E-state index < -0.39 is 0 Å². The Bertz CT molecular complexity index is 1320.